The molecular weight excluding hydrogens is 357 g/mol. The normalized spacial score (nSPS) is 15.4. The minimum Gasteiger partial charge on any atom is -0.381 e. The van der Waals surface area contributed by atoms with Gasteiger partial charge in [0.15, 0.2) is 0 Å². The van der Waals surface area contributed by atoms with Crippen molar-refractivity contribution in [1.29, 1.82) is 0 Å². The first-order valence-corrected chi connectivity index (χ1v) is 9.35. The molecule has 1 amide bonds. The van der Waals surface area contributed by atoms with Crippen molar-refractivity contribution in [2.45, 2.75) is 44.6 Å². The van der Waals surface area contributed by atoms with Crippen LogP contribution in [0.4, 0.5) is 11.4 Å². The third-order valence-electron chi connectivity index (χ3n) is 4.41. The monoisotopic (exact) mass is 377 g/mol. The third-order valence-corrected chi connectivity index (χ3v) is 4.95. The number of nitrogens with zero attached hydrogens (tertiary/aromatic N) is 1. The first kappa shape index (κ1) is 18.0. The second-order valence-corrected chi connectivity index (χ2v) is 7.22. The summed E-state index contributed by atoms with van der Waals surface area (Å²) in [6.07, 6.45) is 10.8. The van der Waals surface area contributed by atoms with Crippen molar-refractivity contribution < 1.29 is 4.79 Å². The minimum atomic E-state index is -0.249. The molecule has 25 heavy (non-hydrogen) atoms. The number of carbonyl (C=O) groups is 1. The lowest BCUT2D eigenvalue weighted by molar-refractivity contribution is 0.102. The Morgan fingerprint density at radius 2 is 1.80 bits per heavy atom. The lowest BCUT2D eigenvalue weighted by atomic mass is 10.1. The van der Waals surface area contributed by atoms with Crippen LogP contribution < -0.4 is 10.6 Å². The van der Waals surface area contributed by atoms with Crippen LogP contribution in [0.5, 0.6) is 0 Å². The standard InChI is InChI=1S/C19H21Cl2N3O/c20-14-7-8-18(17(21)10-14)24-19(25)13-9-16(12-22-11-13)23-15-5-3-1-2-4-6-15/h7-12,15,23H,1-6H2,(H,24,25). The maximum atomic E-state index is 12.5. The molecule has 0 atom stereocenters. The summed E-state index contributed by atoms with van der Waals surface area (Å²) in [6, 6.07) is 7.25. The van der Waals surface area contributed by atoms with E-state index in [9.17, 15) is 4.79 Å². The molecule has 1 heterocycles. The van der Waals surface area contributed by atoms with Gasteiger partial charge in [-0.1, -0.05) is 48.9 Å². The van der Waals surface area contributed by atoms with Crippen molar-refractivity contribution >= 4 is 40.5 Å². The molecule has 6 heteroatoms. The van der Waals surface area contributed by atoms with Gasteiger partial charge in [-0.2, -0.15) is 0 Å². The molecule has 132 valence electrons. The van der Waals surface area contributed by atoms with E-state index in [0.29, 0.717) is 27.3 Å². The van der Waals surface area contributed by atoms with Crippen LogP contribution in [-0.4, -0.2) is 16.9 Å². The number of halogens is 2. The summed E-state index contributed by atoms with van der Waals surface area (Å²) in [5.41, 5.74) is 1.89. The largest absolute Gasteiger partial charge is 0.381 e. The highest BCUT2D eigenvalue weighted by atomic mass is 35.5. The summed E-state index contributed by atoms with van der Waals surface area (Å²) in [6.45, 7) is 0. The van der Waals surface area contributed by atoms with Crippen molar-refractivity contribution in [3.8, 4) is 0 Å². The van der Waals surface area contributed by atoms with Gasteiger partial charge in [0.25, 0.3) is 5.91 Å². The Kier molecular flexibility index (Phi) is 6.16. The molecule has 1 aliphatic rings. The van der Waals surface area contributed by atoms with Crippen LogP contribution >= 0.6 is 23.2 Å². The first-order chi connectivity index (χ1) is 12.1. The molecule has 0 unspecified atom stereocenters. The molecule has 1 aliphatic carbocycles. The van der Waals surface area contributed by atoms with Crippen LogP contribution in [0.3, 0.4) is 0 Å². The van der Waals surface area contributed by atoms with E-state index in [1.807, 2.05) is 6.07 Å². The van der Waals surface area contributed by atoms with Crippen LogP contribution in [0.2, 0.25) is 10.0 Å². The van der Waals surface area contributed by atoms with Gasteiger partial charge in [-0.15, -0.1) is 0 Å². The van der Waals surface area contributed by atoms with Crippen molar-refractivity contribution in [3.05, 3.63) is 52.3 Å². The van der Waals surface area contributed by atoms with Gasteiger partial charge in [-0.25, -0.2) is 0 Å². The summed E-state index contributed by atoms with van der Waals surface area (Å²) < 4.78 is 0. The Labute approximate surface area is 157 Å². The van der Waals surface area contributed by atoms with Gasteiger partial charge in [0.2, 0.25) is 0 Å². The maximum Gasteiger partial charge on any atom is 0.257 e. The number of carbonyl (C=O) groups excluding carboxylic acids is 1. The Balaban J connectivity index is 1.68. The molecule has 0 radical (unpaired) electrons. The van der Waals surface area contributed by atoms with E-state index in [-0.39, 0.29) is 5.91 Å². The van der Waals surface area contributed by atoms with Gasteiger partial charge in [0, 0.05) is 23.5 Å². The average molecular weight is 378 g/mol. The topological polar surface area (TPSA) is 54.0 Å². The first-order valence-electron chi connectivity index (χ1n) is 8.60. The maximum absolute atomic E-state index is 12.5. The molecule has 4 nitrogen and oxygen atoms in total. The van der Waals surface area contributed by atoms with Crippen molar-refractivity contribution in [3.63, 3.8) is 0 Å². The summed E-state index contributed by atoms with van der Waals surface area (Å²) in [4.78, 5) is 16.7. The van der Waals surface area contributed by atoms with E-state index in [1.54, 1.807) is 30.6 Å². The zero-order valence-corrected chi connectivity index (χ0v) is 15.4. The van der Waals surface area contributed by atoms with E-state index in [4.69, 9.17) is 23.2 Å². The number of anilines is 2. The van der Waals surface area contributed by atoms with Gasteiger partial charge in [-0.3, -0.25) is 9.78 Å². The SMILES string of the molecule is O=C(Nc1ccc(Cl)cc1Cl)c1cncc(NC2CCCCCC2)c1. The smallest absolute Gasteiger partial charge is 0.257 e. The highest BCUT2D eigenvalue weighted by Crippen LogP contribution is 2.26. The molecular formula is C19H21Cl2N3O. The van der Waals surface area contributed by atoms with Crippen molar-refractivity contribution in [1.82, 2.24) is 4.98 Å². The average Bonchev–Trinajstić information content (AvgIpc) is 2.86. The summed E-state index contributed by atoms with van der Waals surface area (Å²) in [7, 11) is 0. The molecule has 2 aromatic rings. The van der Waals surface area contributed by atoms with E-state index >= 15 is 0 Å². The molecule has 0 spiro atoms. The second-order valence-electron chi connectivity index (χ2n) is 6.37. The fraction of sp³-hybridized carbons (Fsp3) is 0.368. The fourth-order valence-electron chi connectivity index (χ4n) is 3.09. The zero-order chi connectivity index (χ0) is 17.6. The Bertz CT molecular complexity index is 743. The van der Waals surface area contributed by atoms with Gasteiger partial charge < -0.3 is 10.6 Å². The summed E-state index contributed by atoms with van der Waals surface area (Å²) >= 11 is 12.0. The Morgan fingerprint density at radius 3 is 2.52 bits per heavy atom. The minimum absolute atomic E-state index is 0.249. The number of hydrogen-bond acceptors (Lipinski definition) is 3. The quantitative estimate of drug-likeness (QED) is 0.664. The molecule has 3 rings (SSSR count). The number of aromatic nitrogens is 1. The van der Waals surface area contributed by atoms with E-state index in [1.165, 1.54) is 25.7 Å². The highest BCUT2D eigenvalue weighted by molar-refractivity contribution is 6.36. The predicted octanol–water partition coefficient (Wildman–Crippen LogP) is 5.78. The van der Waals surface area contributed by atoms with Crippen LogP contribution in [0.25, 0.3) is 0 Å². The van der Waals surface area contributed by atoms with Crippen LogP contribution in [0.15, 0.2) is 36.7 Å². The molecule has 2 N–H and O–H groups in total. The number of hydrogen-bond donors (Lipinski definition) is 2. The van der Waals surface area contributed by atoms with E-state index < -0.39 is 0 Å². The molecule has 1 saturated carbocycles. The molecule has 0 bridgehead atoms. The van der Waals surface area contributed by atoms with Crippen LogP contribution in [0, 0.1) is 0 Å². The Hall–Kier alpha value is -1.78. The van der Waals surface area contributed by atoms with Gasteiger partial charge in [0.1, 0.15) is 0 Å². The van der Waals surface area contributed by atoms with Gasteiger partial charge >= 0.3 is 0 Å². The lowest BCUT2D eigenvalue weighted by Crippen LogP contribution is -2.19. The summed E-state index contributed by atoms with van der Waals surface area (Å²) in [5.74, 6) is -0.249. The van der Waals surface area contributed by atoms with Gasteiger partial charge in [-0.05, 0) is 37.1 Å². The van der Waals surface area contributed by atoms with Crippen LogP contribution in [0.1, 0.15) is 48.9 Å². The Morgan fingerprint density at radius 1 is 1.04 bits per heavy atom. The summed E-state index contributed by atoms with van der Waals surface area (Å²) in [5, 5.41) is 7.24. The number of rotatable bonds is 4. The number of benzene rings is 1. The lowest BCUT2D eigenvalue weighted by Gasteiger charge is -2.17. The van der Waals surface area contributed by atoms with Gasteiger partial charge in [0.05, 0.1) is 22.0 Å². The molecule has 1 aromatic heterocycles. The van der Waals surface area contributed by atoms with Crippen molar-refractivity contribution in [2.24, 2.45) is 0 Å². The zero-order valence-electron chi connectivity index (χ0n) is 13.9. The third kappa shape index (κ3) is 5.10. The molecule has 1 fully saturated rings. The molecule has 0 saturated heterocycles. The number of pyridine rings is 1. The number of nitrogens with one attached hydrogen (secondary N) is 2. The molecule has 1 aromatic carbocycles. The molecule has 0 aliphatic heterocycles. The van der Waals surface area contributed by atoms with Crippen LogP contribution in [-0.2, 0) is 0 Å². The van der Waals surface area contributed by atoms with E-state index in [0.717, 1.165) is 18.5 Å². The van der Waals surface area contributed by atoms with Crippen molar-refractivity contribution in [2.75, 3.05) is 10.6 Å². The predicted molar refractivity (Wildman–Crippen MR) is 104 cm³/mol. The number of amides is 1. The highest BCUT2D eigenvalue weighted by Gasteiger charge is 2.14. The van der Waals surface area contributed by atoms with E-state index in [2.05, 4.69) is 15.6 Å². The fourth-order valence-corrected chi connectivity index (χ4v) is 3.54. The second kappa shape index (κ2) is 8.54.